The first-order chi connectivity index (χ1) is 7.13. The Kier molecular flexibility index (Phi) is 2.74. The average molecular weight is 209 g/mol. The maximum atomic E-state index is 9.81. The van der Waals surface area contributed by atoms with Crippen LogP contribution in [-0.2, 0) is 4.74 Å². The molecule has 0 radical (unpaired) electrons. The molecule has 1 N–H and O–H groups in total. The van der Waals surface area contributed by atoms with Crippen LogP contribution in [0, 0.1) is 0 Å². The van der Waals surface area contributed by atoms with Crippen molar-refractivity contribution < 1.29 is 9.84 Å². The molecule has 3 heteroatoms. The molecule has 0 aromatic heterocycles. The minimum absolute atomic E-state index is 0.415. The van der Waals surface area contributed by atoms with Gasteiger partial charge in [-0.2, -0.15) is 0 Å². The number of aliphatic hydroxyl groups is 1. The van der Waals surface area contributed by atoms with E-state index in [1.165, 1.54) is 11.1 Å². The van der Waals surface area contributed by atoms with Crippen molar-refractivity contribution in [3.8, 4) is 0 Å². The van der Waals surface area contributed by atoms with E-state index in [1.807, 2.05) is 0 Å². The Balaban J connectivity index is 2.23. The summed E-state index contributed by atoms with van der Waals surface area (Å²) in [7, 11) is 3.77. The van der Waals surface area contributed by atoms with E-state index in [2.05, 4.69) is 18.9 Å². The normalized spacial score (nSPS) is 28.1. The second kappa shape index (κ2) is 3.89. The smallest absolute Gasteiger partial charge is 0.137 e. The molecule has 15 heavy (non-hydrogen) atoms. The molecule has 1 aliphatic heterocycles. The Morgan fingerprint density at radius 3 is 2.80 bits per heavy atom. The fourth-order valence-electron chi connectivity index (χ4n) is 2.47. The van der Waals surface area contributed by atoms with Crippen molar-refractivity contribution in [3.05, 3.63) is 22.7 Å². The average Bonchev–Trinajstić information content (AvgIpc) is 2.24. The van der Waals surface area contributed by atoms with Gasteiger partial charge in [-0.1, -0.05) is 5.57 Å². The second-order valence-corrected chi connectivity index (χ2v) is 4.46. The summed E-state index contributed by atoms with van der Waals surface area (Å²) in [6.45, 7) is 3.32. The van der Waals surface area contributed by atoms with Crippen molar-refractivity contribution in [1.82, 2.24) is 4.90 Å². The summed E-state index contributed by atoms with van der Waals surface area (Å²) in [5.74, 6) is 1.17. The molecule has 1 aliphatic carbocycles. The molecular weight excluding hydrogens is 190 g/mol. The summed E-state index contributed by atoms with van der Waals surface area (Å²) in [6.07, 6.45) is 2.58. The van der Waals surface area contributed by atoms with Crippen LogP contribution in [-0.4, -0.2) is 36.8 Å². The first-order valence-corrected chi connectivity index (χ1v) is 5.49. The Morgan fingerprint density at radius 2 is 2.13 bits per heavy atom. The van der Waals surface area contributed by atoms with Gasteiger partial charge in [-0.3, -0.25) is 4.90 Å². The molecular formula is C12H19NO2. The van der Waals surface area contributed by atoms with E-state index in [0.29, 0.717) is 18.2 Å². The maximum Gasteiger partial charge on any atom is 0.137 e. The number of methoxy groups -OCH3 is 1. The van der Waals surface area contributed by atoms with Crippen LogP contribution in [0.15, 0.2) is 22.7 Å². The highest BCUT2D eigenvalue weighted by molar-refractivity contribution is 5.34. The minimum atomic E-state index is 0.415. The molecule has 0 aromatic rings. The fourth-order valence-corrected chi connectivity index (χ4v) is 2.47. The second-order valence-electron chi connectivity index (χ2n) is 4.46. The van der Waals surface area contributed by atoms with Gasteiger partial charge in [0.05, 0.1) is 7.11 Å². The van der Waals surface area contributed by atoms with E-state index in [9.17, 15) is 5.11 Å². The number of hydrogen-bond donors (Lipinski definition) is 1. The van der Waals surface area contributed by atoms with E-state index >= 15 is 0 Å². The number of hydrogen-bond acceptors (Lipinski definition) is 3. The van der Waals surface area contributed by atoms with Crippen LogP contribution < -0.4 is 0 Å². The van der Waals surface area contributed by atoms with Crippen LogP contribution in [0.3, 0.4) is 0 Å². The topological polar surface area (TPSA) is 32.7 Å². The molecule has 0 bridgehead atoms. The largest absolute Gasteiger partial charge is 0.508 e. The number of nitrogens with zero attached hydrogens (tertiary/aromatic N) is 1. The number of rotatable bonds is 1. The van der Waals surface area contributed by atoms with Gasteiger partial charge < -0.3 is 9.84 Å². The Morgan fingerprint density at radius 1 is 1.40 bits per heavy atom. The molecule has 2 rings (SSSR count). The zero-order chi connectivity index (χ0) is 11.0. The number of allylic oxidation sites excluding steroid dienone is 2. The van der Waals surface area contributed by atoms with E-state index in [-0.39, 0.29) is 0 Å². The standard InChI is InChI=1S/C12H19NO2/c1-8-10-7-11(14)12(15-3)6-9(10)4-5-13(8)2/h8,14H,4-7H2,1-3H3. The van der Waals surface area contributed by atoms with Crippen LogP contribution >= 0.6 is 0 Å². The molecule has 84 valence electrons. The van der Waals surface area contributed by atoms with E-state index in [4.69, 9.17) is 4.74 Å². The number of ether oxygens (including phenoxy) is 1. The first-order valence-electron chi connectivity index (χ1n) is 5.49. The molecule has 0 aromatic carbocycles. The lowest BCUT2D eigenvalue weighted by molar-refractivity contribution is 0.216. The lowest BCUT2D eigenvalue weighted by Gasteiger charge is -2.36. The first kappa shape index (κ1) is 10.6. The predicted octanol–water partition coefficient (Wildman–Crippen LogP) is 2.22. The third kappa shape index (κ3) is 1.76. The molecule has 1 heterocycles. The van der Waals surface area contributed by atoms with Gasteiger partial charge in [-0.15, -0.1) is 0 Å². The predicted molar refractivity (Wildman–Crippen MR) is 59.6 cm³/mol. The highest BCUT2D eigenvalue weighted by Crippen LogP contribution is 2.36. The quantitative estimate of drug-likeness (QED) is 0.672. The van der Waals surface area contributed by atoms with Gasteiger partial charge in [0.2, 0.25) is 0 Å². The van der Waals surface area contributed by atoms with Crippen LogP contribution in [0.25, 0.3) is 0 Å². The van der Waals surface area contributed by atoms with Gasteiger partial charge in [0.1, 0.15) is 11.5 Å². The van der Waals surface area contributed by atoms with Crippen molar-refractivity contribution in [2.45, 2.75) is 32.2 Å². The highest BCUT2D eigenvalue weighted by atomic mass is 16.5. The van der Waals surface area contributed by atoms with Crippen molar-refractivity contribution in [3.63, 3.8) is 0 Å². The highest BCUT2D eigenvalue weighted by Gasteiger charge is 2.29. The summed E-state index contributed by atoms with van der Waals surface area (Å²) < 4.78 is 5.20. The molecule has 0 spiro atoms. The van der Waals surface area contributed by atoms with Gasteiger partial charge >= 0.3 is 0 Å². The molecule has 1 unspecified atom stereocenters. The third-order valence-corrected chi connectivity index (χ3v) is 3.69. The Hall–Kier alpha value is -0.960. The summed E-state index contributed by atoms with van der Waals surface area (Å²) in [4.78, 5) is 2.34. The van der Waals surface area contributed by atoms with Crippen molar-refractivity contribution in [2.24, 2.45) is 0 Å². The van der Waals surface area contributed by atoms with Crippen LogP contribution in [0.4, 0.5) is 0 Å². The molecule has 0 saturated heterocycles. The summed E-state index contributed by atoms with van der Waals surface area (Å²) in [6, 6.07) is 0.453. The molecule has 1 atom stereocenters. The van der Waals surface area contributed by atoms with Gasteiger partial charge in [-0.25, -0.2) is 0 Å². The van der Waals surface area contributed by atoms with Crippen LogP contribution in [0.5, 0.6) is 0 Å². The molecule has 0 saturated carbocycles. The minimum Gasteiger partial charge on any atom is -0.508 e. The van der Waals surface area contributed by atoms with E-state index < -0.39 is 0 Å². The Labute approximate surface area is 91.0 Å². The molecule has 0 fully saturated rings. The van der Waals surface area contributed by atoms with E-state index in [0.717, 1.165) is 25.1 Å². The van der Waals surface area contributed by atoms with Gasteiger partial charge in [0.25, 0.3) is 0 Å². The van der Waals surface area contributed by atoms with Crippen LogP contribution in [0.2, 0.25) is 0 Å². The lowest BCUT2D eigenvalue weighted by Crippen LogP contribution is -2.37. The summed E-state index contributed by atoms with van der Waals surface area (Å²) >= 11 is 0. The Bertz CT molecular complexity index is 331. The van der Waals surface area contributed by atoms with Gasteiger partial charge in [0.15, 0.2) is 0 Å². The molecule has 3 nitrogen and oxygen atoms in total. The zero-order valence-electron chi connectivity index (χ0n) is 9.71. The summed E-state index contributed by atoms with van der Waals surface area (Å²) in [5.41, 5.74) is 2.86. The lowest BCUT2D eigenvalue weighted by atomic mass is 9.85. The van der Waals surface area contributed by atoms with Crippen molar-refractivity contribution in [1.29, 1.82) is 0 Å². The van der Waals surface area contributed by atoms with Crippen molar-refractivity contribution in [2.75, 3.05) is 20.7 Å². The summed E-state index contributed by atoms with van der Waals surface area (Å²) in [5, 5.41) is 9.81. The third-order valence-electron chi connectivity index (χ3n) is 3.69. The monoisotopic (exact) mass is 209 g/mol. The van der Waals surface area contributed by atoms with Crippen LogP contribution in [0.1, 0.15) is 26.2 Å². The number of likely N-dealkylation sites (N-methyl/N-ethyl adjacent to an activating group) is 1. The zero-order valence-corrected chi connectivity index (χ0v) is 9.71. The fraction of sp³-hybridized carbons (Fsp3) is 0.667. The van der Waals surface area contributed by atoms with Gasteiger partial charge in [0, 0.05) is 25.4 Å². The maximum absolute atomic E-state index is 9.81. The van der Waals surface area contributed by atoms with Gasteiger partial charge in [-0.05, 0) is 26.0 Å². The SMILES string of the molecule is COC1=C(O)CC2=C(CCN(C)C2C)C1. The molecule has 0 amide bonds. The number of aliphatic hydroxyl groups excluding tert-OH is 1. The van der Waals surface area contributed by atoms with E-state index in [1.54, 1.807) is 7.11 Å². The molecule has 2 aliphatic rings. The van der Waals surface area contributed by atoms with Crippen molar-refractivity contribution >= 4 is 0 Å².